The third-order valence-electron chi connectivity index (χ3n) is 2.82. The lowest BCUT2D eigenvalue weighted by Crippen LogP contribution is -2.22. The molecule has 1 amide bonds. The summed E-state index contributed by atoms with van der Waals surface area (Å²) in [6.07, 6.45) is 2.19. The van der Waals surface area contributed by atoms with Gasteiger partial charge in [0.15, 0.2) is 12.4 Å². The van der Waals surface area contributed by atoms with Gasteiger partial charge in [-0.05, 0) is 18.4 Å². The van der Waals surface area contributed by atoms with E-state index in [-0.39, 0.29) is 29.3 Å². The van der Waals surface area contributed by atoms with E-state index < -0.39 is 5.91 Å². The summed E-state index contributed by atoms with van der Waals surface area (Å²) in [5, 5.41) is 3.04. The van der Waals surface area contributed by atoms with E-state index in [0.717, 1.165) is 6.42 Å². The lowest BCUT2D eigenvalue weighted by molar-refractivity contribution is -0.148. The lowest BCUT2D eigenvalue weighted by Gasteiger charge is -2.07. The van der Waals surface area contributed by atoms with E-state index in [1.807, 2.05) is 6.92 Å². The molecule has 5 nitrogen and oxygen atoms in total. The zero-order valence-corrected chi connectivity index (χ0v) is 11.7. The minimum absolute atomic E-state index is 0.0648. The van der Waals surface area contributed by atoms with E-state index in [1.54, 1.807) is 0 Å². The number of nitrogens with zero attached hydrogens (tertiary/aromatic N) is 1. The standard InChI is InChI=1S/C12H12Cl2N2O3/c1-6-2-8(6)12(18)19-5-10(17)16-11-9(14)3-7(13)4-15-11/h3-4,6,8H,2,5H2,1H3,(H,15,16,17)/t6-,8-/m0/s1. The number of rotatable bonds is 4. The van der Waals surface area contributed by atoms with Crippen molar-refractivity contribution < 1.29 is 14.3 Å². The minimum Gasteiger partial charge on any atom is -0.455 e. The molecule has 1 heterocycles. The van der Waals surface area contributed by atoms with Crippen molar-refractivity contribution in [1.82, 2.24) is 4.98 Å². The molecule has 1 aromatic heterocycles. The van der Waals surface area contributed by atoms with Crippen LogP contribution in [0.5, 0.6) is 0 Å². The van der Waals surface area contributed by atoms with Gasteiger partial charge in [0, 0.05) is 6.20 Å². The Hall–Kier alpha value is -1.33. The molecule has 0 saturated heterocycles. The largest absolute Gasteiger partial charge is 0.455 e. The van der Waals surface area contributed by atoms with Crippen LogP contribution in [0.1, 0.15) is 13.3 Å². The van der Waals surface area contributed by atoms with Crippen molar-refractivity contribution >= 4 is 40.9 Å². The second-order valence-corrected chi connectivity index (χ2v) is 5.30. The van der Waals surface area contributed by atoms with Crippen molar-refractivity contribution in [2.45, 2.75) is 13.3 Å². The van der Waals surface area contributed by atoms with E-state index in [1.165, 1.54) is 12.3 Å². The maximum atomic E-state index is 11.6. The zero-order chi connectivity index (χ0) is 14.0. The molecule has 0 spiro atoms. The number of carbonyl (C=O) groups excluding carboxylic acids is 2. The Kier molecular flexibility index (Phi) is 4.27. The molecule has 0 aromatic carbocycles. The summed E-state index contributed by atoms with van der Waals surface area (Å²) in [7, 11) is 0. The number of esters is 1. The summed E-state index contributed by atoms with van der Waals surface area (Å²) < 4.78 is 4.89. The fourth-order valence-electron chi connectivity index (χ4n) is 1.57. The Morgan fingerprint density at radius 3 is 2.79 bits per heavy atom. The molecule has 1 aliphatic carbocycles. The Labute approximate surface area is 120 Å². The van der Waals surface area contributed by atoms with Crippen LogP contribution in [0.3, 0.4) is 0 Å². The van der Waals surface area contributed by atoms with Crippen LogP contribution in [0.4, 0.5) is 5.82 Å². The molecule has 0 radical (unpaired) electrons. The highest BCUT2D eigenvalue weighted by atomic mass is 35.5. The molecule has 1 aromatic rings. The topological polar surface area (TPSA) is 68.3 Å². The Bertz CT molecular complexity index is 522. The average molecular weight is 303 g/mol. The quantitative estimate of drug-likeness (QED) is 0.868. The van der Waals surface area contributed by atoms with Gasteiger partial charge in [-0.25, -0.2) is 4.98 Å². The van der Waals surface area contributed by atoms with Crippen molar-refractivity contribution in [3.8, 4) is 0 Å². The number of aromatic nitrogens is 1. The first-order chi connectivity index (χ1) is 8.97. The highest BCUT2D eigenvalue weighted by molar-refractivity contribution is 6.36. The molecule has 0 bridgehead atoms. The number of halogens is 2. The predicted octanol–water partition coefficient (Wildman–Crippen LogP) is 2.53. The third kappa shape index (κ3) is 3.81. The van der Waals surface area contributed by atoms with Crippen molar-refractivity contribution in [1.29, 1.82) is 0 Å². The molecule has 0 unspecified atom stereocenters. The van der Waals surface area contributed by atoms with Gasteiger partial charge < -0.3 is 10.1 Å². The van der Waals surface area contributed by atoms with E-state index in [2.05, 4.69) is 10.3 Å². The Morgan fingerprint density at radius 2 is 2.21 bits per heavy atom. The van der Waals surface area contributed by atoms with Crippen LogP contribution in [0, 0.1) is 11.8 Å². The van der Waals surface area contributed by atoms with E-state index in [0.29, 0.717) is 10.9 Å². The number of carbonyl (C=O) groups is 2. The number of hydrogen-bond acceptors (Lipinski definition) is 4. The molecular weight excluding hydrogens is 291 g/mol. The molecule has 102 valence electrons. The van der Waals surface area contributed by atoms with Crippen molar-refractivity contribution in [2.24, 2.45) is 11.8 Å². The van der Waals surface area contributed by atoms with E-state index in [4.69, 9.17) is 27.9 Å². The van der Waals surface area contributed by atoms with Crippen LogP contribution < -0.4 is 5.32 Å². The van der Waals surface area contributed by atoms with Gasteiger partial charge in [0.1, 0.15) is 0 Å². The lowest BCUT2D eigenvalue weighted by atomic mass is 10.3. The average Bonchev–Trinajstić information content (AvgIpc) is 3.07. The van der Waals surface area contributed by atoms with Gasteiger partial charge in [-0.1, -0.05) is 30.1 Å². The SMILES string of the molecule is C[C@H]1C[C@@H]1C(=O)OCC(=O)Nc1ncc(Cl)cc1Cl. The highest BCUT2D eigenvalue weighted by Gasteiger charge is 2.40. The van der Waals surface area contributed by atoms with Crippen LogP contribution >= 0.6 is 23.2 Å². The maximum absolute atomic E-state index is 11.6. The number of nitrogens with one attached hydrogen (secondary N) is 1. The number of pyridine rings is 1. The monoisotopic (exact) mass is 302 g/mol. The zero-order valence-electron chi connectivity index (χ0n) is 10.2. The van der Waals surface area contributed by atoms with Gasteiger partial charge in [-0.15, -0.1) is 0 Å². The normalized spacial score (nSPS) is 20.8. The number of ether oxygens (including phenoxy) is 1. The van der Waals surface area contributed by atoms with Gasteiger partial charge in [0.25, 0.3) is 5.91 Å². The van der Waals surface area contributed by atoms with Crippen LogP contribution in [0.15, 0.2) is 12.3 Å². The Morgan fingerprint density at radius 1 is 1.53 bits per heavy atom. The Balaban J connectivity index is 1.82. The molecule has 2 rings (SSSR count). The first kappa shape index (κ1) is 14.1. The first-order valence-corrected chi connectivity index (χ1v) is 6.50. The second-order valence-electron chi connectivity index (χ2n) is 4.46. The molecule has 7 heteroatoms. The van der Waals surface area contributed by atoms with Gasteiger partial charge in [-0.2, -0.15) is 0 Å². The van der Waals surface area contributed by atoms with Crippen LogP contribution in [0.2, 0.25) is 10.0 Å². The number of anilines is 1. The molecular formula is C12H12Cl2N2O3. The fourth-order valence-corrected chi connectivity index (χ4v) is 2.00. The number of amides is 1. The maximum Gasteiger partial charge on any atom is 0.309 e. The minimum atomic E-state index is -0.488. The van der Waals surface area contributed by atoms with Crippen molar-refractivity contribution in [3.63, 3.8) is 0 Å². The molecule has 19 heavy (non-hydrogen) atoms. The van der Waals surface area contributed by atoms with Crippen LogP contribution in [-0.4, -0.2) is 23.5 Å². The van der Waals surface area contributed by atoms with Gasteiger partial charge >= 0.3 is 5.97 Å². The molecule has 1 N–H and O–H groups in total. The summed E-state index contributed by atoms with van der Waals surface area (Å²) in [4.78, 5) is 26.8. The molecule has 1 fully saturated rings. The highest BCUT2D eigenvalue weighted by Crippen LogP contribution is 2.38. The van der Waals surface area contributed by atoms with Crippen molar-refractivity contribution in [2.75, 3.05) is 11.9 Å². The summed E-state index contributed by atoms with van der Waals surface area (Å²) in [6, 6.07) is 1.46. The molecule has 1 aliphatic rings. The number of hydrogen-bond donors (Lipinski definition) is 1. The van der Waals surface area contributed by atoms with Gasteiger partial charge in [-0.3, -0.25) is 9.59 Å². The van der Waals surface area contributed by atoms with Gasteiger partial charge in [0.05, 0.1) is 16.0 Å². The summed E-state index contributed by atoms with van der Waals surface area (Å²) in [5.41, 5.74) is 0. The summed E-state index contributed by atoms with van der Waals surface area (Å²) >= 11 is 11.5. The molecule has 0 aliphatic heterocycles. The van der Waals surface area contributed by atoms with Crippen LogP contribution in [-0.2, 0) is 14.3 Å². The summed E-state index contributed by atoms with van der Waals surface area (Å²) in [5.74, 6) is -0.351. The van der Waals surface area contributed by atoms with Crippen LogP contribution in [0.25, 0.3) is 0 Å². The summed E-state index contributed by atoms with van der Waals surface area (Å²) in [6.45, 7) is 1.62. The fraction of sp³-hybridized carbons (Fsp3) is 0.417. The smallest absolute Gasteiger partial charge is 0.309 e. The predicted molar refractivity (Wildman–Crippen MR) is 71.1 cm³/mol. The molecule has 1 saturated carbocycles. The van der Waals surface area contributed by atoms with E-state index in [9.17, 15) is 9.59 Å². The molecule has 2 atom stereocenters. The first-order valence-electron chi connectivity index (χ1n) is 5.75. The third-order valence-corrected chi connectivity index (χ3v) is 3.32. The van der Waals surface area contributed by atoms with E-state index >= 15 is 0 Å². The van der Waals surface area contributed by atoms with Crippen molar-refractivity contribution in [3.05, 3.63) is 22.3 Å². The second kappa shape index (κ2) is 5.75. The van der Waals surface area contributed by atoms with Gasteiger partial charge in [0.2, 0.25) is 0 Å².